The Balaban J connectivity index is 1.67. The Hall–Kier alpha value is -1.32. The van der Waals surface area contributed by atoms with Crippen molar-refractivity contribution in [1.29, 1.82) is 0 Å². The summed E-state index contributed by atoms with van der Waals surface area (Å²) >= 11 is 5.89. The third kappa shape index (κ3) is 2.92. The topological polar surface area (TPSA) is 29.9 Å². The summed E-state index contributed by atoms with van der Waals surface area (Å²) in [5.41, 5.74) is 1.24. The summed E-state index contributed by atoms with van der Waals surface area (Å²) in [7, 11) is 0. The molecule has 18 heavy (non-hydrogen) atoms. The SMILES string of the molecule is Clc1ccc(Cn2ccnc2CNC2CC2)cc1. The number of halogens is 1. The average molecular weight is 262 g/mol. The minimum Gasteiger partial charge on any atom is -0.329 e. The molecule has 0 unspecified atom stereocenters. The molecule has 1 fully saturated rings. The monoisotopic (exact) mass is 261 g/mol. The zero-order chi connectivity index (χ0) is 12.4. The van der Waals surface area contributed by atoms with Crippen molar-refractivity contribution < 1.29 is 0 Å². The van der Waals surface area contributed by atoms with Gasteiger partial charge in [0.1, 0.15) is 5.82 Å². The Bertz CT molecular complexity index is 514. The van der Waals surface area contributed by atoms with Crippen LogP contribution in [0.2, 0.25) is 5.02 Å². The van der Waals surface area contributed by atoms with Crippen LogP contribution >= 0.6 is 11.6 Å². The maximum absolute atomic E-state index is 5.89. The van der Waals surface area contributed by atoms with Gasteiger partial charge in [-0.3, -0.25) is 0 Å². The lowest BCUT2D eigenvalue weighted by molar-refractivity contribution is 0.618. The van der Waals surface area contributed by atoms with Gasteiger partial charge >= 0.3 is 0 Å². The highest BCUT2D eigenvalue weighted by Crippen LogP contribution is 2.19. The largest absolute Gasteiger partial charge is 0.329 e. The van der Waals surface area contributed by atoms with Crippen molar-refractivity contribution in [2.75, 3.05) is 0 Å². The highest BCUT2D eigenvalue weighted by atomic mass is 35.5. The molecule has 3 rings (SSSR count). The minimum atomic E-state index is 0.714. The Labute approximate surface area is 112 Å². The van der Waals surface area contributed by atoms with Crippen molar-refractivity contribution in [3.63, 3.8) is 0 Å². The van der Waals surface area contributed by atoms with Crippen molar-refractivity contribution in [3.8, 4) is 0 Å². The van der Waals surface area contributed by atoms with E-state index in [0.717, 1.165) is 23.9 Å². The van der Waals surface area contributed by atoms with Crippen LogP contribution in [0.25, 0.3) is 0 Å². The number of benzene rings is 1. The molecule has 1 aliphatic rings. The number of imidazole rings is 1. The summed E-state index contributed by atoms with van der Waals surface area (Å²) in [5, 5.41) is 4.27. The first-order valence-electron chi connectivity index (χ1n) is 6.29. The molecule has 4 heteroatoms. The first-order valence-corrected chi connectivity index (χ1v) is 6.67. The molecule has 3 nitrogen and oxygen atoms in total. The third-order valence-corrected chi connectivity index (χ3v) is 3.45. The van der Waals surface area contributed by atoms with Gasteiger partial charge in [-0.25, -0.2) is 4.98 Å². The van der Waals surface area contributed by atoms with E-state index in [1.54, 1.807) is 0 Å². The molecule has 1 heterocycles. The molecule has 1 saturated carbocycles. The number of nitrogens with one attached hydrogen (secondary N) is 1. The summed E-state index contributed by atoms with van der Waals surface area (Å²) in [6, 6.07) is 8.68. The van der Waals surface area contributed by atoms with Gasteiger partial charge in [0.25, 0.3) is 0 Å². The molecule has 0 aliphatic heterocycles. The molecule has 0 bridgehead atoms. The van der Waals surface area contributed by atoms with E-state index < -0.39 is 0 Å². The predicted molar refractivity (Wildman–Crippen MR) is 72.6 cm³/mol. The second-order valence-electron chi connectivity index (χ2n) is 4.75. The number of aromatic nitrogens is 2. The molecule has 0 saturated heterocycles. The second kappa shape index (κ2) is 5.12. The summed E-state index contributed by atoms with van der Waals surface area (Å²) in [6.07, 6.45) is 6.49. The number of hydrogen-bond acceptors (Lipinski definition) is 2. The molecular weight excluding hydrogens is 246 g/mol. The zero-order valence-electron chi connectivity index (χ0n) is 10.1. The Kier molecular flexibility index (Phi) is 3.35. The number of nitrogens with zero attached hydrogens (tertiary/aromatic N) is 2. The van der Waals surface area contributed by atoms with Crippen LogP contribution in [0.5, 0.6) is 0 Å². The van der Waals surface area contributed by atoms with Gasteiger partial charge in [-0.2, -0.15) is 0 Å². The van der Waals surface area contributed by atoms with E-state index in [-0.39, 0.29) is 0 Å². The Morgan fingerprint density at radius 1 is 1.28 bits per heavy atom. The van der Waals surface area contributed by atoms with Crippen LogP contribution in [0.1, 0.15) is 24.2 Å². The number of rotatable bonds is 5. The van der Waals surface area contributed by atoms with E-state index >= 15 is 0 Å². The molecular formula is C14H16ClN3. The van der Waals surface area contributed by atoms with Gasteiger partial charge in [0.05, 0.1) is 6.54 Å². The van der Waals surface area contributed by atoms with E-state index in [9.17, 15) is 0 Å². The Morgan fingerprint density at radius 2 is 2.06 bits per heavy atom. The Morgan fingerprint density at radius 3 is 2.78 bits per heavy atom. The maximum atomic E-state index is 5.89. The quantitative estimate of drug-likeness (QED) is 0.897. The molecule has 0 spiro atoms. The van der Waals surface area contributed by atoms with Crippen LogP contribution < -0.4 is 5.32 Å². The molecule has 1 aliphatic carbocycles. The normalized spacial score (nSPS) is 14.9. The van der Waals surface area contributed by atoms with Crippen LogP contribution in [0.4, 0.5) is 0 Å². The van der Waals surface area contributed by atoms with Gasteiger partial charge in [0.15, 0.2) is 0 Å². The third-order valence-electron chi connectivity index (χ3n) is 3.19. The molecule has 0 amide bonds. The molecule has 1 aromatic carbocycles. The van der Waals surface area contributed by atoms with Crippen LogP contribution in [-0.2, 0) is 13.1 Å². The zero-order valence-corrected chi connectivity index (χ0v) is 10.9. The maximum Gasteiger partial charge on any atom is 0.122 e. The number of hydrogen-bond donors (Lipinski definition) is 1. The van der Waals surface area contributed by atoms with Crippen LogP contribution in [0, 0.1) is 0 Å². The van der Waals surface area contributed by atoms with Crippen LogP contribution in [0.15, 0.2) is 36.7 Å². The lowest BCUT2D eigenvalue weighted by atomic mass is 10.2. The second-order valence-corrected chi connectivity index (χ2v) is 5.19. The average Bonchev–Trinajstić information content (AvgIpc) is 3.11. The van der Waals surface area contributed by atoms with E-state index in [4.69, 9.17) is 11.6 Å². The fraction of sp³-hybridized carbons (Fsp3) is 0.357. The first-order chi connectivity index (χ1) is 8.81. The standard InChI is InChI=1S/C14H16ClN3/c15-12-3-1-11(2-4-12)10-18-8-7-16-14(18)9-17-13-5-6-13/h1-4,7-8,13,17H,5-6,9-10H2. The van der Waals surface area contributed by atoms with Gasteiger partial charge < -0.3 is 9.88 Å². The summed E-state index contributed by atoms with van der Waals surface area (Å²) < 4.78 is 2.18. The highest BCUT2D eigenvalue weighted by molar-refractivity contribution is 6.30. The van der Waals surface area contributed by atoms with Crippen LogP contribution in [-0.4, -0.2) is 15.6 Å². The molecule has 94 valence electrons. The van der Waals surface area contributed by atoms with Crippen LogP contribution in [0.3, 0.4) is 0 Å². The summed E-state index contributed by atoms with van der Waals surface area (Å²) in [5.74, 6) is 1.09. The van der Waals surface area contributed by atoms with E-state index in [2.05, 4.69) is 27.0 Å². The van der Waals surface area contributed by atoms with Gasteiger partial charge in [0, 0.05) is 30.0 Å². The van der Waals surface area contributed by atoms with E-state index in [1.165, 1.54) is 18.4 Å². The fourth-order valence-electron chi connectivity index (χ4n) is 1.96. The highest BCUT2D eigenvalue weighted by Gasteiger charge is 2.20. The van der Waals surface area contributed by atoms with Crippen molar-refractivity contribution >= 4 is 11.6 Å². The smallest absolute Gasteiger partial charge is 0.122 e. The molecule has 1 N–H and O–H groups in total. The van der Waals surface area contributed by atoms with Gasteiger partial charge in [-0.1, -0.05) is 23.7 Å². The molecule has 0 radical (unpaired) electrons. The van der Waals surface area contributed by atoms with E-state index in [1.807, 2.05) is 24.5 Å². The molecule has 1 aromatic heterocycles. The summed E-state index contributed by atoms with van der Waals surface area (Å²) in [6.45, 7) is 1.70. The van der Waals surface area contributed by atoms with Gasteiger partial charge in [0.2, 0.25) is 0 Å². The minimum absolute atomic E-state index is 0.714. The van der Waals surface area contributed by atoms with Gasteiger partial charge in [-0.15, -0.1) is 0 Å². The van der Waals surface area contributed by atoms with Gasteiger partial charge in [-0.05, 0) is 30.5 Å². The fourth-order valence-corrected chi connectivity index (χ4v) is 2.09. The first kappa shape index (κ1) is 11.8. The molecule has 0 atom stereocenters. The lowest BCUT2D eigenvalue weighted by Crippen LogP contribution is -2.19. The van der Waals surface area contributed by atoms with Crippen molar-refractivity contribution in [2.24, 2.45) is 0 Å². The lowest BCUT2D eigenvalue weighted by Gasteiger charge is -2.08. The van der Waals surface area contributed by atoms with Crippen molar-refractivity contribution in [3.05, 3.63) is 53.1 Å². The summed E-state index contributed by atoms with van der Waals surface area (Å²) in [4.78, 5) is 4.40. The van der Waals surface area contributed by atoms with Crippen molar-refractivity contribution in [2.45, 2.75) is 32.0 Å². The van der Waals surface area contributed by atoms with E-state index in [0.29, 0.717) is 6.04 Å². The molecule has 2 aromatic rings. The van der Waals surface area contributed by atoms with Crippen molar-refractivity contribution in [1.82, 2.24) is 14.9 Å². The predicted octanol–water partition coefficient (Wildman–Crippen LogP) is 2.84.